The molecule has 2 aromatic rings. The van der Waals surface area contributed by atoms with Gasteiger partial charge < -0.3 is 18.5 Å². The molecule has 0 N–H and O–H groups in total. The van der Waals surface area contributed by atoms with Gasteiger partial charge in [0.1, 0.15) is 22.6 Å². The minimum atomic E-state index is -0.554. The van der Waals surface area contributed by atoms with Gasteiger partial charge >= 0.3 is 11.9 Å². The maximum Gasteiger partial charge on any atom is 0.344 e. The number of esters is 2. The molecule has 0 aliphatic heterocycles. The maximum absolute atomic E-state index is 12.1. The summed E-state index contributed by atoms with van der Waals surface area (Å²) in [6, 6.07) is 0. The van der Waals surface area contributed by atoms with E-state index in [0.29, 0.717) is 22.8 Å². The molecule has 0 fully saturated rings. The van der Waals surface area contributed by atoms with Crippen LogP contribution in [0, 0.1) is 13.8 Å². The first-order chi connectivity index (χ1) is 13.3. The number of aryl methyl sites for hydroxylation is 2. The molecule has 0 saturated carbocycles. The highest BCUT2D eigenvalue weighted by atomic mass is 16.5. The van der Waals surface area contributed by atoms with E-state index in [2.05, 4.69) is 20.5 Å². The smallest absolute Gasteiger partial charge is 0.344 e. The molecule has 0 saturated heterocycles. The van der Waals surface area contributed by atoms with E-state index in [1.165, 1.54) is 0 Å². The van der Waals surface area contributed by atoms with Crippen LogP contribution in [-0.2, 0) is 9.47 Å². The Morgan fingerprint density at radius 1 is 0.821 bits per heavy atom. The Kier molecular flexibility index (Phi) is 6.80. The Morgan fingerprint density at radius 2 is 1.18 bits per heavy atom. The SMILES string of the molecule is CCOC(=O)c1c(C)noc1/C(C)=N/N=C(\C)c1onc(C)c1C(=O)OCC. The Hall–Kier alpha value is -3.30. The third-order valence-electron chi connectivity index (χ3n) is 3.69. The number of nitrogens with zero attached hydrogens (tertiary/aromatic N) is 4. The van der Waals surface area contributed by atoms with Gasteiger partial charge in [0, 0.05) is 0 Å². The fraction of sp³-hybridized carbons (Fsp3) is 0.444. The van der Waals surface area contributed by atoms with Gasteiger partial charge in [-0.15, -0.1) is 0 Å². The molecule has 0 aromatic carbocycles. The summed E-state index contributed by atoms with van der Waals surface area (Å²) in [5.41, 5.74) is 1.77. The largest absolute Gasteiger partial charge is 0.462 e. The lowest BCUT2D eigenvalue weighted by molar-refractivity contribution is 0.0514. The van der Waals surface area contributed by atoms with Crippen LogP contribution in [0.2, 0.25) is 0 Å². The number of carbonyl (C=O) groups excluding carboxylic acids is 2. The van der Waals surface area contributed by atoms with Crippen molar-refractivity contribution in [2.45, 2.75) is 41.5 Å². The van der Waals surface area contributed by atoms with E-state index in [1.807, 2.05) is 0 Å². The molecule has 10 heteroatoms. The lowest BCUT2D eigenvalue weighted by Crippen LogP contribution is -2.11. The molecular formula is C18H22N4O6. The summed E-state index contributed by atoms with van der Waals surface area (Å²) in [6.07, 6.45) is 0. The zero-order valence-electron chi connectivity index (χ0n) is 16.7. The van der Waals surface area contributed by atoms with Gasteiger partial charge in [-0.05, 0) is 41.5 Å². The molecule has 2 aromatic heterocycles. The van der Waals surface area contributed by atoms with E-state index in [9.17, 15) is 9.59 Å². The quantitative estimate of drug-likeness (QED) is 0.401. The Morgan fingerprint density at radius 3 is 1.50 bits per heavy atom. The predicted octanol–water partition coefficient (Wildman–Crippen LogP) is 2.87. The summed E-state index contributed by atoms with van der Waals surface area (Å²) >= 11 is 0. The van der Waals surface area contributed by atoms with Crippen LogP contribution in [0.5, 0.6) is 0 Å². The summed E-state index contributed by atoms with van der Waals surface area (Å²) < 4.78 is 20.4. The van der Waals surface area contributed by atoms with Gasteiger partial charge in [0.05, 0.1) is 24.6 Å². The summed E-state index contributed by atoms with van der Waals surface area (Å²) in [5.74, 6) is -0.789. The van der Waals surface area contributed by atoms with Crippen molar-refractivity contribution >= 4 is 23.4 Å². The molecule has 28 heavy (non-hydrogen) atoms. The molecule has 2 rings (SSSR count). The average Bonchev–Trinajstić information content (AvgIpc) is 3.22. The Balaban J connectivity index is 2.37. The highest BCUT2D eigenvalue weighted by Crippen LogP contribution is 2.18. The number of carbonyl (C=O) groups is 2. The van der Waals surface area contributed by atoms with Gasteiger partial charge in [-0.25, -0.2) is 9.59 Å². The topological polar surface area (TPSA) is 129 Å². The molecule has 0 radical (unpaired) electrons. The van der Waals surface area contributed by atoms with Crippen molar-refractivity contribution in [3.8, 4) is 0 Å². The van der Waals surface area contributed by atoms with Crippen LogP contribution in [0.15, 0.2) is 19.2 Å². The molecule has 0 bridgehead atoms. The molecule has 0 spiro atoms. The van der Waals surface area contributed by atoms with Crippen molar-refractivity contribution in [2.24, 2.45) is 10.2 Å². The summed E-state index contributed by atoms with van der Waals surface area (Å²) in [4.78, 5) is 24.2. The zero-order valence-corrected chi connectivity index (χ0v) is 16.7. The zero-order chi connectivity index (χ0) is 20.8. The molecule has 0 amide bonds. The second-order valence-corrected chi connectivity index (χ2v) is 5.76. The molecule has 0 unspecified atom stereocenters. The first kappa shape index (κ1) is 21.0. The van der Waals surface area contributed by atoms with Crippen LogP contribution < -0.4 is 0 Å². The van der Waals surface area contributed by atoms with Crippen molar-refractivity contribution < 1.29 is 28.1 Å². The normalized spacial score (nSPS) is 12.2. The summed E-state index contributed by atoms with van der Waals surface area (Å²) in [5, 5.41) is 15.7. The lowest BCUT2D eigenvalue weighted by atomic mass is 10.1. The highest BCUT2D eigenvalue weighted by Gasteiger charge is 2.25. The number of rotatable bonds is 7. The van der Waals surface area contributed by atoms with Crippen LogP contribution in [0.1, 0.15) is 71.3 Å². The van der Waals surface area contributed by atoms with Crippen LogP contribution in [0.3, 0.4) is 0 Å². The number of ether oxygens (including phenoxy) is 2. The molecule has 150 valence electrons. The Bertz CT molecular complexity index is 862. The predicted molar refractivity (Wildman–Crippen MR) is 98.8 cm³/mol. The van der Waals surface area contributed by atoms with E-state index < -0.39 is 11.9 Å². The summed E-state index contributed by atoms with van der Waals surface area (Å²) in [6.45, 7) is 10.3. The molecular weight excluding hydrogens is 368 g/mol. The molecule has 0 atom stereocenters. The van der Waals surface area contributed by atoms with E-state index in [4.69, 9.17) is 18.5 Å². The fourth-order valence-electron chi connectivity index (χ4n) is 2.36. The van der Waals surface area contributed by atoms with Crippen molar-refractivity contribution in [1.82, 2.24) is 10.3 Å². The van der Waals surface area contributed by atoms with E-state index in [1.54, 1.807) is 41.5 Å². The maximum atomic E-state index is 12.1. The number of hydrogen-bond acceptors (Lipinski definition) is 10. The van der Waals surface area contributed by atoms with Crippen LogP contribution in [0.25, 0.3) is 0 Å². The fourth-order valence-corrected chi connectivity index (χ4v) is 2.36. The third kappa shape index (κ3) is 4.33. The van der Waals surface area contributed by atoms with Gasteiger partial charge in [-0.3, -0.25) is 0 Å². The third-order valence-corrected chi connectivity index (χ3v) is 3.69. The van der Waals surface area contributed by atoms with Gasteiger partial charge in [-0.2, -0.15) is 10.2 Å². The molecule has 0 aliphatic rings. The van der Waals surface area contributed by atoms with Gasteiger partial charge in [0.2, 0.25) is 0 Å². The monoisotopic (exact) mass is 390 g/mol. The number of hydrogen-bond donors (Lipinski definition) is 0. The molecule has 2 heterocycles. The second kappa shape index (κ2) is 9.07. The Labute approximate surface area is 161 Å². The van der Waals surface area contributed by atoms with Gasteiger partial charge in [0.25, 0.3) is 0 Å². The number of aromatic nitrogens is 2. The van der Waals surface area contributed by atoms with Crippen molar-refractivity contribution in [3.63, 3.8) is 0 Å². The van der Waals surface area contributed by atoms with Crippen LogP contribution >= 0.6 is 0 Å². The van der Waals surface area contributed by atoms with Crippen LogP contribution in [0.4, 0.5) is 0 Å². The van der Waals surface area contributed by atoms with Gasteiger partial charge in [-0.1, -0.05) is 10.3 Å². The van der Waals surface area contributed by atoms with E-state index in [0.717, 1.165) is 0 Å². The second-order valence-electron chi connectivity index (χ2n) is 5.76. The van der Waals surface area contributed by atoms with Crippen LogP contribution in [-0.4, -0.2) is 46.9 Å². The first-order valence-corrected chi connectivity index (χ1v) is 8.68. The summed E-state index contributed by atoms with van der Waals surface area (Å²) in [7, 11) is 0. The minimum absolute atomic E-state index is 0.159. The lowest BCUT2D eigenvalue weighted by Gasteiger charge is -2.02. The van der Waals surface area contributed by atoms with Gasteiger partial charge in [0.15, 0.2) is 11.5 Å². The van der Waals surface area contributed by atoms with E-state index in [-0.39, 0.29) is 35.9 Å². The minimum Gasteiger partial charge on any atom is -0.462 e. The van der Waals surface area contributed by atoms with Crippen molar-refractivity contribution in [2.75, 3.05) is 13.2 Å². The highest BCUT2D eigenvalue weighted by molar-refractivity contribution is 6.08. The average molecular weight is 390 g/mol. The van der Waals surface area contributed by atoms with E-state index >= 15 is 0 Å². The first-order valence-electron chi connectivity index (χ1n) is 8.68. The molecule has 10 nitrogen and oxygen atoms in total. The molecule has 0 aliphatic carbocycles. The van der Waals surface area contributed by atoms with Crippen molar-refractivity contribution in [1.29, 1.82) is 0 Å². The standard InChI is InChI=1S/C18H22N4O6/c1-7-25-17(23)13-9(3)21-27-15(13)11(5)19-20-12(6)16-14(10(4)22-28-16)18(24)26-8-2/h7-8H2,1-6H3/b19-11+,20-12+. The van der Waals surface area contributed by atoms with Crippen molar-refractivity contribution in [3.05, 3.63) is 34.0 Å².